The first kappa shape index (κ1) is 27.2. The molecule has 3 aromatic rings. The number of benzene rings is 2. The topological polar surface area (TPSA) is 142 Å². The normalized spacial score (nSPS) is 11.1. The van der Waals surface area contributed by atoms with Gasteiger partial charge in [-0.05, 0) is 54.1 Å². The predicted molar refractivity (Wildman–Crippen MR) is 134 cm³/mol. The molecular formula is C25H25N3O8S. The van der Waals surface area contributed by atoms with Gasteiger partial charge in [0.05, 0.1) is 28.4 Å². The molecule has 3 rings (SSSR count). The van der Waals surface area contributed by atoms with Crippen LogP contribution in [0.15, 0.2) is 65.8 Å². The first-order valence-corrected chi connectivity index (χ1v) is 12.1. The molecule has 0 bridgehead atoms. The fraction of sp³-hybridized carbons (Fsp3) is 0.160. The number of ketones is 1. The number of allylic oxidation sites excluding steroid dienone is 1. The summed E-state index contributed by atoms with van der Waals surface area (Å²) in [6, 6.07) is 10.1. The predicted octanol–water partition coefficient (Wildman–Crippen LogP) is 2.64. The number of hydrogen-bond donors (Lipinski definition) is 2. The van der Waals surface area contributed by atoms with Crippen LogP contribution in [-0.4, -0.2) is 53.5 Å². The van der Waals surface area contributed by atoms with E-state index < -0.39 is 21.7 Å². The molecule has 0 aliphatic carbocycles. The van der Waals surface area contributed by atoms with Gasteiger partial charge in [0.2, 0.25) is 5.75 Å². The van der Waals surface area contributed by atoms with Gasteiger partial charge in [0, 0.05) is 23.5 Å². The molecule has 0 aliphatic rings. The molecule has 0 spiro atoms. The third kappa shape index (κ3) is 6.42. The maximum absolute atomic E-state index is 12.9. The van der Waals surface area contributed by atoms with E-state index in [0.29, 0.717) is 22.8 Å². The Morgan fingerprint density at radius 2 is 1.43 bits per heavy atom. The van der Waals surface area contributed by atoms with Crippen LogP contribution in [0.5, 0.6) is 23.0 Å². The number of pyridine rings is 1. The number of nitrogens with one attached hydrogen (secondary N) is 2. The number of hydrogen-bond acceptors (Lipinski definition) is 9. The van der Waals surface area contributed by atoms with Gasteiger partial charge >= 0.3 is 0 Å². The van der Waals surface area contributed by atoms with Crippen LogP contribution in [0.2, 0.25) is 0 Å². The molecule has 12 heteroatoms. The highest BCUT2D eigenvalue weighted by atomic mass is 32.2. The van der Waals surface area contributed by atoms with Gasteiger partial charge in [0.1, 0.15) is 10.6 Å². The molecule has 2 aromatic carbocycles. The van der Waals surface area contributed by atoms with Crippen molar-refractivity contribution in [2.75, 3.05) is 28.4 Å². The number of sulfonamides is 1. The molecule has 0 unspecified atom stereocenters. The lowest BCUT2D eigenvalue weighted by atomic mass is 10.1. The second-order valence-electron chi connectivity index (χ2n) is 7.32. The summed E-state index contributed by atoms with van der Waals surface area (Å²) < 4.78 is 46.9. The second-order valence-corrected chi connectivity index (χ2v) is 8.97. The third-order valence-electron chi connectivity index (χ3n) is 5.09. The van der Waals surface area contributed by atoms with E-state index in [1.54, 1.807) is 12.1 Å². The maximum Gasteiger partial charge on any atom is 0.266 e. The van der Waals surface area contributed by atoms with E-state index in [1.807, 2.05) is 4.83 Å². The Balaban J connectivity index is 1.85. The zero-order valence-corrected chi connectivity index (χ0v) is 21.3. The molecule has 0 aliphatic heterocycles. The quantitative estimate of drug-likeness (QED) is 0.219. The lowest BCUT2D eigenvalue weighted by Crippen LogP contribution is -2.41. The number of amides is 1. The fourth-order valence-corrected chi connectivity index (χ4v) is 4.29. The van der Waals surface area contributed by atoms with Crippen molar-refractivity contribution in [2.24, 2.45) is 0 Å². The Bertz CT molecular complexity index is 1400. The molecule has 1 aromatic heterocycles. The summed E-state index contributed by atoms with van der Waals surface area (Å²) in [6.07, 6.45) is 5.59. The summed E-state index contributed by atoms with van der Waals surface area (Å²) >= 11 is 0. The van der Waals surface area contributed by atoms with Gasteiger partial charge < -0.3 is 18.9 Å². The standard InChI is InChI=1S/C25H25N3O8S/c1-33-20-8-6-18(15-23(20)37(31,32)28-27-25(30)17-9-11-26-12-10-17)19(29)7-5-16-13-21(34-2)24(36-4)22(14-16)35-3/h5-15,28H,1-4H3,(H,27,30)/b7-5+. The van der Waals surface area contributed by atoms with Gasteiger partial charge in [0.15, 0.2) is 17.3 Å². The lowest BCUT2D eigenvalue weighted by Gasteiger charge is -2.13. The first-order chi connectivity index (χ1) is 17.7. The Kier molecular flexibility index (Phi) is 8.82. The van der Waals surface area contributed by atoms with Crippen molar-refractivity contribution in [2.45, 2.75) is 4.90 Å². The largest absolute Gasteiger partial charge is 0.495 e. The average Bonchev–Trinajstić information content (AvgIpc) is 2.93. The number of aromatic nitrogens is 1. The van der Waals surface area contributed by atoms with E-state index >= 15 is 0 Å². The van der Waals surface area contributed by atoms with E-state index in [0.717, 1.165) is 6.07 Å². The second kappa shape index (κ2) is 12.0. The Hall–Kier alpha value is -4.42. The number of ether oxygens (including phenoxy) is 4. The highest BCUT2D eigenvalue weighted by Gasteiger charge is 2.22. The number of methoxy groups -OCH3 is 4. The molecule has 1 heterocycles. The molecule has 0 saturated carbocycles. The summed E-state index contributed by atoms with van der Waals surface area (Å²) in [6.45, 7) is 0. The van der Waals surface area contributed by atoms with Gasteiger partial charge in [-0.25, -0.2) is 8.42 Å². The van der Waals surface area contributed by atoms with Crippen LogP contribution in [0.25, 0.3) is 6.08 Å². The summed E-state index contributed by atoms with van der Waals surface area (Å²) in [5, 5.41) is 0. The van der Waals surface area contributed by atoms with Gasteiger partial charge in [0.25, 0.3) is 15.9 Å². The summed E-state index contributed by atoms with van der Waals surface area (Å²) in [4.78, 5) is 30.6. The number of rotatable bonds is 11. The first-order valence-electron chi connectivity index (χ1n) is 10.7. The van der Waals surface area contributed by atoms with E-state index in [1.165, 1.54) is 77.3 Å². The molecule has 194 valence electrons. The third-order valence-corrected chi connectivity index (χ3v) is 6.36. The molecular weight excluding hydrogens is 502 g/mol. The summed E-state index contributed by atoms with van der Waals surface area (Å²) in [5.41, 5.74) is 2.98. The van der Waals surface area contributed by atoms with Crippen LogP contribution in [0, 0.1) is 0 Å². The Morgan fingerprint density at radius 1 is 0.811 bits per heavy atom. The van der Waals surface area contributed by atoms with Gasteiger partial charge in [-0.1, -0.05) is 6.08 Å². The molecule has 0 radical (unpaired) electrons. The van der Waals surface area contributed by atoms with Crippen molar-refractivity contribution >= 4 is 27.8 Å². The lowest BCUT2D eigenvalue weighted by molar-refractivity contribution is 0.0944. The van der Waals surface area contributed by atoms with Crippen molar-refractivity contribution in [1.82, 2.24) is 15.2 Å². The van der Waals surface area contributed by atoms with E-state index in [9.17, 15) is 18.0 Å². The molecule has 0 saturated heterocycles. The van der Waals surface area contributed by atoms with Crippen molar-refractivity contribution in [3.63, 3.8) is 0 Å². The van der Waals surface area contributed by atoms with Crippen LogP contribution >= 0.6 is 0 Å². The number of hydrazine groups is 1. The van der Waals surface area contributed by atoms with Crippen LogP contribution in [0.1, 0.15) is 26.3 Å². The van der Waals surface area contributed by atoms with Crippen molar-refractivity contribution in [3.8, 4) is 23.0 Å². The van der Waals surface area contributed by atoms with Crippen LogP contribution in [-0.2, 0) is 10.0 Å². The average molecular weight is 528 g/mol. The highest BCUT2D eigenvalue weighted by molar-refractivity contribution is 7.89. The van der Waals surface area contributed by atoms with Gasteiger partial charge in [-0.2, -0.15) is 0 Å². The molecule has 1 amide bonds. The monoisotopic (exact) mass is 527 g/mol. The summed E-state index contributed by atoms with van der Waals surface area (Å²) in [7, 11) is 1.42. The van der Waals surface area contributed by atoms with Crippen molar-refractivity contribution < 1.29 is 37.0 Å². The van der Waals surface area contributed by atoms with Crippen molar-refractivity contribution in [3.05, 3.63) is 77.6 Å². The minimum Gasteiger partial charge on any atom is -0.495 e. The van der Waals surface area contributed by atoms with Gasteiger partial charge in [-0.15, -0.1) is 4.83 Å². The summed E-state index contributed by atoms with van der Waals surface area (Å²) in [5.74, 6) is 0.0373. The number of carbonyl (C=O) groups excluding carboxylic acids is 2. The molecule has 0 fully saturated rings. The Morgan fingerprint density at radius 3 is 2.00 bits per heavy atom. The van der Waals surface area contributed by atoms with E-state index in [2.05, 4.69) is 10.4 Å². The Labute approximate surface area is 214 Å². The highest BCUT2D eigenvalue weighted by Crippen LogP contribution is 2.38. The zero-order valence-electron chi connectivity index (χ0n) is 20.5. The number of nitrogens with zero attached hydrogens (tertiary/aromatic N) is 1. The minimum atomic E-state index is -4.30. The van der Waals surface area contributed by atoms with Crippen LogP contribution < -0.4 is 29.2 Å². The molecule has 11 nitrogen and oxygen atoms in total. The molecule has 2 N–H and O–H groups in total. The number of carbonyl (C=O) groups is 2. The van der Waals surface area contributed by atoms with Crippen LogP contribution in [0.3, 0.4) is 0 Å². The fourth-order valence-electron chi connectivity index (χ4n) is 3.25. The smallest absolute Gasteiger partial charge is 0.266 e. The molecule has 0 atom stereocenters. The zero-order chi connectivity index (χ0) is 27.0. The van der Waals surface area contributed by atoms with Crippen LogP contribution in [0.4, 0.5) is 0 Å². The van der Waals surface area contributed by atoms with E-state index in [-0.39, 0.29) is 21.8 Å². The minimum absolute atomic E-state index is 0.0178. The van der Waals surface area contributed by atoms with Gasteiger partial charge in [-0.3, -0.25) is 20.0 Å². The SMILES string of the molecule is COc1ccc(C(=O)/C=C/c2cc(OC)c(OC)c(OC)c2)cc1S(=O)(=O)NNC(=O)c1ccncc1. The molecule has 37 heavy (non-hydrogen) atoms. The van der Waals surface area contributed by atoms with E-state index in [4.69, 9.17) is 18.9 Å². The maximum atomic E-state index is 12.9. The van der Waals surface area contributed by atoms with Crippen molar-refractivity contribution in [1.29, 1.82) is 0 Å².